The van der Waals surface area contributed by atoms with Gasteiger partial charge in [-0.05, 0) is 25.0 Å². The monoisotopic (exact) mass is 309 g/mol. The summed E-state index contributed by atoms with van der Waals surface area (Å²) >= 11 is 0. The molecule has 0 saturated heterocycles. The van der Waals surface area contributed by atoms with E-state index in [1.807, 2.05) is 0 Å². The molecule has 113 valence electrons. The maximum absolute atomic E-state index is 12.7. The summed E-state index contributed by atoms with van der Waals surface area (Å²) < 4.78 is 114. The average Bonchev–Trinajstić information content (AvgIpc) is 2.23. The van der Waals surface area contributed by atoms with Gasteiger partial charge >= 0.3 is 18.5 Å². The van der Waals surface area contributed by atoms with E-state index in [0.29, 0.717) is 6.07 Å². The van der Waals surface area contributed by atoms with Gasteiger partial charge in [0.15, 0.2) is 0 Å². The van der Waals surface area contributed by atoms with Crippen LogP contribution in [0.2, 0.25) is 0 Å². The fourth-order valence-electron chi connectivity index (χ4n) is 1.71. The van der Waals surface area contributed by atoms with Crippen LogP contribution in [0.25, 0.3) is 0 Å². The third kappa shape index (κ3) is 3.18. The minimum atomic E-state index is -5.79. The highest BCUT2D eigenvalue weighted by atomic mass is 19.4. The van der Waals surface area contributed by atoms with Crippen LogP contribution in [-0.2, 0) is 24.9 Å². The Bertz CT molecular complexity index is 490. The minimum absolute atomic E-state index is 0.0153. The topological polar surface area (TPSA) is 0 Å². The molecule has 1 aromatic rings. The molecule has 0 bridgehead atoms. The summed E-state index contributed by atoms with van der Waals surface area (Å²) in [5, 5.41) is 0. The molecule has 0 fully saturated rings. The second-order valence-electron chi connectivity index (χ2n) is 3.77. The van der Waals surface area contributed by atoms with Crippen molar-refractivity contribution in [2.45, 2.75) is 24.9 Å². The molecule has 0 aliphatic carbocycles. The van der Waals surface area contributed by atoms with Gasteiger partial charge in [-0.25, -0.2) is 0 Å². The van der Waals surface area contributed by atoms with Crippen molar-refractivity contribution < 1.29 is 39.5 Å². The highest BCUT2D eigenvalue weighted by Crippen LogP contribution is 2.47. The van der Waals surface area contributed by atoms with Crippen LogP contribution in [0.3, 0.4) is 0 Å². The zero-order valence-electron chi connectivity index (χ0n) is 9.47. The first-order chi connectivity index (χ1) is 8.80. The van der Waals surface area contributed by atoms with E-state index in [-0.39, 0.29) is 6.07 Å². The van der Waals surface area contributed by atoms with Gasteiger partial charge in [0.2, 0.25) is 0 Å². The van der Waals surface area contributed by atoms with Crippen molar-refractivity contribution in [2.75, 3.05) is 0 Å². The summed E-state index contributed by atoms with van der Waals surface area (Å²) in [7, 11) is 0. The van der Waals surface area contributed by atoms with Gasteiger partial charge in [-0.1, -0.05) is 6.07 Å². The number of benzene rings is 1. The molecule has 0 nitrogen and oxygen atoms in total. The van der Waals surface area contributed by atoms with Crippen LogP contribution < -0.4 is 0 Å². The largest absolute Gasteiger partial charge is 0.417 e. The Hall–Kier alpha value is -1.41. The second-order valence-corrected chi connectivity index (χ2v) is 3.77. The minimum Gasteiger partial charge on any atom is -0.166 e. The Kier molecular flexibility index (Phi) is 4.04. The molecule has 1 rings (SSSR count). The summed E-state index contributed by atoms with van der Waals surface area (Å²) in [6, 6.07) is 0.340. The predicted molar refractivity (Wildman–Crippen MR) is 50.5 cm³/mol. The van der Waals surface area contributed by atoms with Crippen molar-refractivity contribution in [1.29, 1.82) is 0 Å². The number of hydrogen-bond donors (Lipinski definition) is 0. The maximum Gasteiger partial charge on any atom is 0.417 e. The van der Waals surface area contributed by atoms with Crippen molar-refractivity contribution in [2.24, 2.45) is 0 Å². The third-order valence-corrected chi connectivity index (χ3v) is 2.43. The molecule has 0 saturated carbocycles. The van der Waals surface area contributed by atoms with Crippen molar-refractivity contribution in [3.05, 3.63) is 41.3 Å². The Labute approximate surface area is 107 Å². The van der Waals surface area contributed by atoms with Crippen molar-refractivity contribution in [1.82, 2.24) is 0 Å². The van der Waals surface area contributed by atoms with Crippen LogP contribution in [0.15, 0.2) is 12.1 Å². The summed E-state index contributed by atoms with van der Waals surface area (Å²) in [5.41, 5.74) is -8.37. The molecule has 0 aromatic heterocycles. The molecule has 9 heteroatoms. The number of alkyl halides is 9. The molecular formula is C11H6F9. The van der Waals surface area contributed by atoms with E-state index >= 15 is 0 Å². The van der Waals surface area contributed by atoms with Gasteiger partial charge < -0.3 is 0 Å². The molecule has 0 atom stereocenters. The van der Waals surface area contributed by atoms with E-state index < -0.39 is 47.2 Å². The predicted octanol–water partition coefficient (Wildman–Crippen LogP) is 5.12. The average molecular weight is 309 g/mol. The highest BCUT2D eigenvalue weighted by Gasteiger charge is 2.50. The summed E-state index contributed by atoms with van der Waals surface area (Å²) in [5.74, 6) is 0. The lowest BCUT2D eigenvalue weighted by atomic mass is 9.93. The summed E-state index contributed by atoms with van der Waals surface area (Å²) in [4.78, 5) is 0. The van der Waals surface area contributed by atoms with E-state index in [1.165, 1.54) is 0 Å². The maximum atomic E-state index is 12.7. The van der Waals surface area contributed by atoms with Crippen molar-refractivity contribution in [3.8, 4) is 0 Å². The Morgan fingerprint density at radius 2 is 1.15 bits per heavy atom. The quantitative estimate of drug-likeness (QED) is 0.632. The summed E-state index contributed by atoms with van der Waals surface area (Å²) in [6.07, 6.45) is -17.6. The number of halogens is 9. The SMILES string of the molecule is [CH2]Cc1ccc(C(F)(F)F)c(C(F)(F)F)c1C(F)(F)F. The van der Waals surface area contributed by atoms with E-state index in [4.69, 9.17) is 0 Å². The third-order valence-electron chi connectivity index (χ3n) is 2.43. The fraction of sp³-hybridized carbons (Fsp3) is 0.364. The molecule has 0 N–H and O–H groups in total. The van der Waals surface area contributed by atoms with Gasteiger partial charge in [0.1, 0.15) is 0 Å². The van der Waals surface area contributed by atoms with Crippen molar-refractivity contribution in [3.63, 3.8) is 0 Å². The van der Waals surface area contributed by atoms with Crippen LogP contribution in [-0.4, -0.2) is 0 Å². The van der Waals surface area contributed by atoms with Crippen LogP contribution in [0.5, 0.6) is 0 Å². The van der Waals surface area contributed by atoms with Gasteiger partial charge in [-0.2, -0.15) is 39.5 Å². The van der Waals surface area contributed by atoms with E-state index in [9.17, 15) is 39.5 Å². The number of rotatable bonds is 1. The van der Waals surface area contributed by atoms with Gasteiger partial charge in [0.25, 0.3) is 0 Å². The number of hydrogen-bond acceptors (Lipinski definition) is 0. The van der Waals surface area contributed by atoms with Gasteiger partial charge in [-0.15, -0.1) is 0 Å². The smallest absolute Gasteiger partial charge is 0.166 e. The molecule has 1 radical (unpaired) electrons. The molecule has 0 heterocycles. The Morgan fingerprint density at radius 3 is 1.45 bits per heavy atom. The zero-order valence-corrected chi connectivity index (χ0v) is 9.47. The lowest BCUT2D eigenvalue weighted by molar-refractivity contribution is -0.175. The van der Waals surface area contributed by atoms with E-state index in [2.05, 4.69) is 6.92 Å². The molecule has 0 spiro atoms. The van der Waals surface area contributed by atoms with Crippen molar-refractivity contribution >= 4 is 0 Å². The Morgan fingerprint density at radius 1 is 0.700 bits per heavy atom. The van der Waals surface area contributed by atoms with Gasteiger partial charge in [0.05, 0.1) is 16.7 Å². The lowest BCUT2D eigenvalue weighted by Gasteiger charge is -2.22. The van der Waals surface area contributed by atoms with Gasteiger partial charge in [0, 0.05) is 0 Å². The first-order valence-corrected chi connectivity index (χ1v) is 4.97. The Balaban J connectivity index is 3.87. The lowest BCUT2D eigenvalue weighted by Crippen LogP contribution is -2.24. The van der Waals surface area contributed by atoms with E-state index in [1.54, 1.807) is 0 Å². The van der Waals surface area contributed by atoms with Gasteiger partial charge in [-0.3, -0.25) is 0 Å². The highest BCUT2D eigenvalue weighted by molar-refractivity contribution is 5.46. The van der Waals surface area contributed by atoms with E-state index in [0.717, 1.165) is 0 Å². The first kappa shape index (κ1) is 16.6. The van der Waals surface area contributed by atoms with Crippen LogP contribution in [0.4, 0.5) is 39.5 Å². The first-order valence-electron chi connectivity index (χ1n) is 4.97. The zero-order chi connectivity index (χ0) is 15.9. The standard InChI is InChI=1S/C11H6F9/c1-2-5-3-4-6(9(12,13)14)8(11(18,19)20)7(5)10(15,16)17/h3-4H,1-2H2. The van der Waals surface area contributed by atoms with Crippen LogP contribution in [0, 0.1) is 6.92 Å². The second kappa shape index (κ2) is 4.85. The summed E-state index contributed by atoms with van der Waals surface area (Å²) in [6.45, 7) is 3.00. The molecule has 0 aliphatic heterocycles. The molecule has 0 unspecified atom stereocenters. The molecule has 1 aromatic carbocycles. The van der Waals surface area contributed by atoms with Crippen LogP contribution >= 0.6 is 0 Å². The molecule has 0 aliphatic rings. The van der Waals surface area contributed by atoms with Crippen LogP contribution in [0.1, 0.15) is 22.3 Å². The fourth-order valence-corrected chi connectivity index (χ4v) is 1.71. The molecule has 20 heavy (non-hydrogen) atoms. The molecular weight excluding hydrogens is 303 g/mol. The normalized spacial score (nSPS) is 13.7. The molecule has 0 amide bonds.